The first-order chi connectivity index (χ1) is 8.22. The Hall–Kier alpha value is -1.37. The Kier molecular flexibility index (Phi) is 4.50. The molecule has 1 heterocycles. The van der Waals surface area contributed by atoms with Crippen LogP contribution in [0.5, 0.6) is 0 Å². The smallest absolute Gasteiger partial charge is 0.389 e. The van der Waals surface area contributed by atoms with E-state index in [1.165, 1.54) is 18.1 Å². The highest BCUT2D eigenvalue weighted by Crippen LogP contribution is 2.23. The third-order valence-electron chi connectivity index (χ3n) is 2.48. The normalized spacial score (nSPS) is 11.4. The molecule has 0 amide bonds. The summed E-state index contributed by atoms with van der Waals surface area (Å²) in [5, 5.41) is 0. The molecule has 1 rings (SSSR count). The monoisotopic (exact) mass is 277 g/mol. The van der Waals surface area contributed by atoms with E-state index >= 15 is 0 Å². The summed E-state index contributed by atoms with van der Waals surface area (Å²) in [7, 11) is 1.54. The summed E-state index contributed by atoms with van der Waals surface area (Å²) in [5.74, 6) is 0.381. The van der Waals surface area contributed by atoms with Crippen LogP contribution in [-0.2, 0) is 0 Å². The van der Waals surface area contributed by atoms with E-state index in [9.17, 15) is 13.2 Å². The van der Waals surface area contributed by atoms with Crippen LogP contribution < -0.4 is 10.6 Å². The van der Waals surface area contributed by atoms with Crippen LogP contribution in [0.3, 0.4) is 0 Å². The number of aromatic nitrogens is 1. The minimum atomic E-state index is -4.19. The van der Waals surface area contributed by atoms with Crippen LogP contribution >= 0.6 is 12.2 Å². The maximum atomic E-state index is 12.2. The Morgan fingerprint density at radius 1 is 1.50 bits per heavy atom. The molecule has 2 N–H and O–H groups in total. The van der Waals surface area contributed by atoms with Crippen molar-refractivity contribution in [2.75, 3.05) is 18.5 Å². The maximum Gasteiger partial charge on any atom is 0.390 e. The highest BCUT2D eigenvalue weighted by atomic mass is 32.1. The maximum absolute atomic E-state index is 12.2. The first-order valence-electron chi connectivity index (χ1n) is 5.25. The second-order valence-electron chi connectivity index (χ2n) is 3.98. The van der Waals surface area contributed by atoms with E-state index in [2.05, 4.69) is 4.98 Å². The second-order valence-corrected chi connectivity index (χ2v) is 4.42. The number of nitrogens with zero attached hydrogens (tertiary/aromatic N) is 2. The molecular weight excluding hydrogens is 263 g/mol. The van der Waals surface area contributed by atoms with E-state index in [1.54, 1.807) is 13.0 Å². The van der Waals surface area contributed by atoms with Gasteiger partial charge in [-0.15, -0.1) is 0 Å². The molecule has 0 bridgehead atoms. The zero-order chi connectivity index (χ0) is 13.9. The van der Waals surface area contributed by atoms with Gasteiger partial charge in [-0.1, -0.05) is 12.2 Å². The predicted molar refractivity (Wildman–Crippen MR) is 68.8 cm³/mol. The number of hydrogen-bond acceptors (Lipinski definition) is 3. The van der Waals surface area contributed by atoms with Crippen LogP contribution in [0.4, 0.5) is 19.0 Å². The van der Waals surface area contributed by atoms with E-state index in [0.29, 0.717) is 11.4 Å². The SMILES string of the molecule is Cc1ccnc(N(C)CCC(F)(F)F)c1C(N)=S. The Balaban J connectivity index is 2.95. The van der Waals surface area contributed by atoms with Gasteiger partial charge in [-0.2, -0.15) is 13.2 Å². The van der Waals surface area contributed by atoms with Crippen LogP contribution in [0.15, 0.2) is 12.3 Å². The molecule has 7 heteroatoms. The molecule has 0 aromatic carbocycles. The fourth-order valence-corrected chi connectivity index (χ4v) is 1.79. The standard InChI is InChI=1S/C11H14F3N3S/c1-7-3-5-16-10(8(7)9(15)18)17(2)6-4-11(12,13)14/h3,5H,4,6H2,1-2H3,(H2,15,18). The number of anilines is 1. The van der Waals surface area contributed by atoms with Gasteiger partial charge in [-0.3, -0.25) is 0 Å². The van der Waals surface area contributed by atoms with Crippen LogP contribution in [0.25, 0.3) is 0 Å². The van der Waals surface area contributed by atoms with Gasteiger partial charge in [0.05, 0.1) is 12.0 Å². The lowest BCUT2D eigenvalue weighted by Crippen LogP contribution is -2.27. The Morgan fingerprint density at radius 3 is 2.61 bits per heavy atom. The van der Waals surface area contributed by atoms with Crippen molar-refractivity contribution in [1.82, 2.24) is 4.98 Å². The molecular formula is C11H14F3N3S. The summed E-state index contributed by atoms with van der Waals surface area (Å²) in [5.41, 5.74) is 6.90. The molecule has 100 valence electrons. The topological polar surface area (TPSA) is 42.2 Å². The average molecular weight is 277 g/mol. The van der Waals surface area contributed by atoms with Crippen molar-refractivity contribution in [3.05, 3.63) is 23.4 Å². The number of pyridine rings is 1. The summed E-state index contributed by atoms with van der Waals surface area (Å²) in [6, 6.07) is 1.72. The quantitative estimate of drug-likeness (QED) is 0.858. The number of rotatable bonds is 4. The van der Waals surface area contributed by atoms with E-state index in [-0.39, 0.29) is 11.5 Å². The van der Waals surface area contributed by atoms with Gasteiger partial charge in [0.25, 0.3) is 0 Å². The van der Waals surface area contributed by atoms with E-state index < -0.39 is 12.6 Å². The van der Waals surface area contributed by atoms with Gasteiger partial charge in [0, 0.05) is 19.8 Å². The first-order valence-corrected chi connectivity index (χ1v) is 5.66. The van der Waals surface area contributed by atoms with Gasteiger partial charge >= 0.3 is 6.18 Å². The number of aryl methyl sites for hydroxylation is 1. The largest absolute Gasteiger partial charge is 0.390 e. The Morgan fingerprint density at radius 2 is 2.11 bits per heavy atom. The molecule has 3 nitrogen and oxygen atoms in total. The fourth-order valence-electron chi connectivity index (χ4n) is 1.54. The minimum absolute atomic E-state index is 0.134. The Bertz CT molecular complexity index is 446. The summed E-state index contributed by atoms with van der Waals surface area (Å²) in [6.45, 7) is 1.60. The molecule has 1 aromatic heterocycles. The Labute approximate surface area is 109 Å². The lowest BCUT2D eigenvalue weighted by Gasteiger charge is -2.22. The van der Waals surface area contributed by atoms with Gasteiger partial charge in [-0.05, 0) is 18.6 Å². The fraction of sp³-hybridized carbons (Fsp3) is 0.455. The lowest BCUT2D eigenvalue weighted by molar-refractivity contribution is -0.132. The molecule has 0 aliphatic heterocycles. The molecule has 18 heavy (non-hydrogen) atoms. The number of halogens is 3. The molecule has 0 atom stereocenters. The third-order valence-corrected chi connectivity index (χ3v) is 2.68. The average Bonchev–Trinajstić information content (AvgIpc) is 2.24. The van der Waals surface area contributed by atoms with Gasteiger partial charge in [-0.25, -0.2) is 4.98 Å². The second kappa shape index (κ2) is 5.51. The van der Waals surface area contributed by atoms with Crippen molar-refractivity contribution in [2.24, 2.45) is 5.73 Å². The number of alkyl halides is 3. The first kappa shape index (κ1) is 14.7. The molecule has 0 radical (unpaired) electrons. The molecule has 1 aromatic rings. The highest BCUT2D eigenvalue weighted by molar-refractivity contribution is 7.80. The van der Waals surface area contributed by atoms with Crippen LogP contribution in [0.2, 0.25) is 0 Å². The molecule has 0 fully saturated rings. The summed E-state index contributed by atoms with van der Waals surface area (Å²) < 4.78 is 36.5. The minimum Gasteiger partial charge on any atom is -0.389 e. The lowest BCUT2D eigenvalue weighted by atomic mass is 10.1. The van der Waals surface area contributed by atoms with Crippen molar-refractivity contribution in [1.29, 1.82) is 0 Å². The zero-order valence-electron chi connectivity index (χ0n) is 10.1. The van der Waals surface area contributed by atoms with Crippen molar-refractivity contribution in [3.8, 4) is 0 Å². The number of nitrogens with two attached hydrogens (primary N) is 1. The predicted octanol–water partition coefficient (Wildman–Crippen LogP) is 2.41. The molecule has 0 unspecified atom stereocenters. The summed E-state index contributed by atoms with van der Waals surface area (Å²) in [4.78, 5) is 5.60. The molecule has 0 spiro atoms. The zero-order valence-corrected chi connectivity index (χ0v) is 10.9. The van der Waals surface area contributed by atoms with Crippen molar-refractivity contribution in [3.63, 3.8) is 0 Å². The van der Waals surface area contributed by atoms with Crippen LogP contribution in [0, 0.1) is 6.92 Å². The molecule has 0 saturated carbocycles. The van der Waals surface area contributed by atoms with Crippen molar-refractivity contribution >= 4 is 23.0 Å². The van der Waals surface area contributed by atoms with Crippen molar-refractivity contribution < 1.29 is 13.2 Å². The third kappa shape index (κ3) is 3.83. The van der Waals surface area contributed by atoms with Gasteiger partial charge in [0.15, 0.2) is 0 Å². The van der Waals surface area contributed by atoms with Gasteiger partial charge in [0.1, 0.15) is 10.8 Å². The number of hydrogen-bond donors (Lipinski definition) is 1. The molecule has 0 saturated heterocycles. The van der Waals surface area contributed by atoms with E-state index in [4.69, 9.17) is 18.0 Å². The van der Waals surface area contributed by atoms with E-state index in [1.807, 2.05) is 0 Å². The summed E-state index contributed by atoms with van der Waals surface area (Å²) >= 11 is 4.90. The van der Waals surface area contributed by atoms with Crippen LogP contribution in [0.1, 0.15) is 17.5 Å². The van der Waals surface area contributed by atoms with Gasteiger partial charge < -0.3 is 10.6 Å². The highest BCUT2D eigenvalue weighted by Gasteiger charge is 2.28. The summed E-state index contributed by atoms with van der Waals surface area (Å²) in [6.07, 6.45) is -3.58. The van der Waals surface area contributed by atoms with Crippen LogP contribution in [-0.4, -0.2) is 29.7 Å². The van der Waals surface area contributed by atoms with E-state index in [0.717, 1.165) is 5.56 Å². The number of thiocarbonyl (C=S) groups is 1. The van der Waals surface area contributed by atoms with Crippen molar-refractivity contribution in [2.45, 2.75) is 19.5 Å². The van der Waals surface area contributed by atoms with Gasteiger partial charge in [0.2, 0.25) is 0 Å². The molecule has 0 aliphatic rings. The molecule has 0 aliphatic carbocycles.